The summed E-state index contributed by atoms with van der Waals surface area (Å²) in [7, 11) is -2.45. The van der Waals surface area contributed by atoms with Gasteiger partial charge in [0.05, 0.1) is 30.1 Å². The number of rotatable bonds is 6. The first-order valence-corrected chi connectivity index (χ1v) is 7.94. The number of sulfonamides is 1. The van der Waals surface area contributed by atoms with Crippen molar-refractivity contribution < 1.29 is 23.1 Å². The molecule has 1 atom stereocenters. The van der Waals surface area contributed by atoms with Crippen LogP contribution in [0.2, 0.25) is 0 Å². The minimum atomic E-state index is -3.74. The largest absolute Gasteiger partial charge is 0.469 e. The molecule has 0 aromatic heterocycles. The summed E-state index contributed by atoms with van der Waals surface area (Å²) in [6.07, 6.45) is -0.755. The molecular formula is C14H21NO5S. The normalized spacial score (nSPS) is 13.8. The smallest absolute Gasteiger partial charge is 0.309 e. The number of nitrogens with one attached hydrogen (secondary N) is 1. The number of carbonyl (C=O) groups is 1. The lowest BCUT2D eigenvalue weighted by molar-refractivity contribution is -0.139. The second-order valence-electron chi connectivity index (χ2n) is 5.40. The molecule has 0 aliphatic rings. The van der Waals surface area contributed by atoms with E-state index in [1.165, 1.54) is 26.2 Å². The van der Waals surface area contributed by atoms with Crippen LogP contribution in [0, 0.1) is 0 Å². The fraction of sp³-hybridized carbons (Fsp3) is 0.500. The first-order valence-electron chi connectivity index (χ1n) is 6.46. The third-order valence-corrected chi connectivity index (χ3v) is 4.94. The SMILES string of the molecule is COC(=O)Cc1ccc(S(=O)(=O)NC(C)(C)C(C)O)cc1. The molecule has 0 aliphatic carbocycles. The molecular weight excluding hydrogens is 294 g/mol. The van der Waals surface area contributed by atoms with Gasteiger partial charge >= 0.3 is 5.97 Å². The molecule has 1 rings (SSSR count). The first-order chi connectivity index (χ1) is 9.58. The summed E-state index contributed by atoms with van der Waals surface area (Å²) < 4.78 is 31.5. The van der Waals surface area contributed by atoms with E-state index in [0.29, 0.717) is 5.56 Å². The van der Waals surface area contributed by atoms with Crippen molar-refractivity contribution in [2.45, 2.75) is 43.7 Å². The van der Waals surface area contributed by atoms with E-state index >= 15 is 0 Å². The van der Waals surface area contributed by atoms with E-state index in [1.54, 1.807) is 26.0 Å². The zero-order valence-electron chi connectivity index (χ0n) is 12.6. The Kier molecular flexibility index (Phi) is 5.49. The second kappa shape index (κ2) is 6.55. The molecule has 0 aliphatic heterocycles. The molecule has 0 saturated heterocycles. The van der Waals surface area contributed by atoms with Gasteiger partial charge in [-0.25, -0.2) is 13.1 Å². The summed E-state index contributed by atoms with van der Waals surface area (Å²) in [6.45, 7) is 4.71. The molecule has 0 heterocycles. The van der Waals surface area contributed by atoms with Gasteiger partial charge < -0.3 is 9.84 Å². The van der Waals surface area contributed by atoms with Gasteiger partial charge in [-0.2, -0.15) is 0 Å². The minimum Gasteiger partial charge on any atom is -0.469 e. The number of esters is 1. The number of carbonyl (C=O) groups excluding carboxylic acids is 1. The van der Waals surface area contributed by atoms with Gasteiger partial charge in [-0.15, -0.1) is 0 Å². The Morgan fingerprint density at radius 3 is 2.29 bits per heavy atom. The van der Waals surface area contributed by atoms with Gasteiger partial charge in [0.25, 0.3) is 0 Å². The standard InChI is InChI=1S/C14H21NO5S/c1-10(16)14(2,3)15-21(18,19)12-7-5-11(6-8-12)9-13(17)20-4/h5-8,10,15-16H,9H2,1-4H3. The highest BCUT2D eigenvalue weighted by molar-refractivity contribution is 7.89. The Morgan fingerprint density at radius 2 is 1.86 bits per heavy atom. The highest BCUT2D eigenvalue weighted by Gasteiger charge is 2.30. The molecule has 21 heavy (non-hydrogen) atoms. The average Bonchev–Trinajstić information content (AvgIpc) is 2.37. The molecule has 0 fully saturated rings. The van der Waals surface area contributed by atoms with Gasteiger partial charge in [0.15, 0.2) is 0 Å². The van der Waals surface area contributed by atoms with Gasteiger partial charge in [0.2, 0.25) is 10.0 Å². The second-order valence-corrected chi connectivity index (χ2v) is 7.08. The van der Waals surface area contributed by atoms with Crippen LogP contribution in [0.4, 0.5) is 0 Å². The van der Waals surface area contributed by atoms with Crippen LogP contribution in [0.5, 0.6) is 0 Å². The molecule has 6 nitrogen and oxygen atoms in total. The van der Waals surface area contributed by atoms with Crippen LogP contribution < -0.4 is 4.72 Å². The average molecular weight is 315 g/mol. The summed E-state index contributed by atoms with van der Waals surface area (Å²) in [5.41, 5.74) is -0.320. The van der Waals surface area contributed by atoms with E-state index in [4.69, 9.17) is 0 Å². The number of aliphatic hydroxyl groups excluding tert-OH is 1. The monoisotopic (exact) mass is 315 g/mol. The first kappa shape index (κ1) is 17.6. The topological polar surface area (TPSA) is 92.7 Å². The summed E-state index contributed by atoms with van der Waals surface area (Å²) in [6, 6.07) is 5.94. The number of ether oxygens (including phenoxy) is 1. The van der Waals surface area contributed by atoms with Gasteiger partial charge in [-0.1, -0.05) is 12.1 Å². The number of aliphatic hydroxyl groups is 1. The Hall–Kier alpha value is -1.44. The van der Waals surface area contributed by atoms with E-state index in [2.05, 4.69) is 9.46 Å². The highest BCUT2D eigenvalue weighted by Crippen LogP contribution is 2.16. The van der Waals surface area contributed by atoms with Crippen molar-refractivity contribution in [1.82, 2.24) is 4.72 Å². The maximum absolute atomic E-state index is 12.2. The molecule has 0 spiro atoms. The van der Waals surface area contributed by atoms with Gasteiger partial charge in [0, 0.05) is 0 Å². The van der Waals surface area contributed by atoms with Crippen LogP contribution in [0.25, 0.3) is 0 Å². The molecule has 0 bridgehead atoms. The predicted octanol–water partition coefficient (Wildman–Crippen LogP) is 0.840. The number of benzene rings is 1. The minimum absolute atomic E-state index is 0.0739. The lowest BCUT2D eigenvalue weighted by Gasteiger charge is -2.28. The summed E-state index contributed by atoms with van der Waals surface area (Å²) in [4.78, 5) is 11.2. The molecule has 0 amide bonds. The van der Waals surface area contributed by atoms with Crippen LogP contribution in [0.15, 0.2) is 29.2 Å². The van der Waals surface area contributed by atoms with Crippen LogP contribution in [0.1, 0.15) is 26.3 Å². The molecule has 1 aromatic carbocycles. The Balaban J connectivity index is 2.93. The maximum atomic E-state index is 12.2. The number of methoxy groups -OCH3 is 1. The Bertz CT molecular complexity index is 590. The molecule has 0 saturated carbocycles. The molecule has 118 valence electrons. The van der Waals surface area contributed by atoms with Crippen molar-refractivity contribution >= 4 is 16.0 Å². The van der Waals surface area contributed by atoms with E-state index in [-0.39, 0.29) is 17.3 Å². The van der Waals surface area contributed by atoms with Crippen LogP contribution in [0.3, 0.4) is 0 Å². The number of hydrogen-bond acceptors (Lipinski definition) is 5. The molecule has 1 aromatic rings. The third kappa shape index (κ3) is 4.80. The lowest BCUT2D eigenvalue weighted by atomic mass is 10.0. The Labute approximate surface area is 125 Å². The summed E-state index contributed by atoms with van der Waals surface area (Å²) in [5, 5.41) is 9.58. The lowest BCUT2D eigenvalue weighted by Crippen LogP contribution is -2.50. The fourth-order valence-electron chi connectivity index (χ4n) is 1.52. The van der Waals surface area contributed by atoms with Gasteiger partial charge in [-0.3, -0.25) is 4.79 Å². The van der Waals surface area contributed by atoms with Crippen LogP contribution in [-0.4, -0.2) is 38.2 Å². The highest BCUT2D eigenvalue weighted by atomic mass is 32.2. The predicted molar refractivity (Wildman–Crippen MR) is 78.2 cm³/mol. The van der Waals surface area contributed by atoms with Crippen LogP contribution in [-0.2, 0) is 26.0 Å². The zero-order valence-corrected chi connectivity index (χ0v) is 13.4. The van der Waals surface area contributed by atoms with Crippen molar-refractivity contribution in [3.05, 3.63) is 29.8 Å². The number of hydrogen-bond donors (Lipinski definition) is 2. The zero-order chi connectivity index (χ0) is 16.3. The summed E-state index contributed by atoms with van der Waals surface area (Å²) >= 11 is 0. The van der Waals surface area contributed by atoms with Crippen molar-refractivity contribution in [2.24, 2.45) is 0 Å². The molecule has 2 N–H and O–H groups in total. The quantitative estimate of drug-likeness (QED) is 0.759. The molecule has 1 unspecified atom stereocenters. The van der Waals surface area contributed by atoms with Crippen molar-refractivity contribution in [3.63, 3.8) is 0 Å². The van der Waals surface area contributed by atoms with Crippen molar-refractivity contribution in [3.8, 4) is 0 Å². The van der Waals surface area contributed by atoms with E-state index in [9.17, 15) is 18.3 Å². The third-order valence-electron chi connectivity index (χ3n) is 3.25. The van der Waals surface area contributed by atoms with E-state index < -0.39 is 21.7 Å². The van der Waals surface area contributed by atoms with E-state index in [1.807, 2.05) is 0 Å². The molecule has 0 radical (unpaired) electrons. The Morgan fingerprint density at radius 1 is 1.33 bits per heavy atom. The fourth-order valence-corrected chi connectivity index (χ4v) is 2.99. The van der Waals surface area contributed by atoms with Gasteiger partial charge in [-0.05, 0) is 38.5 Å². The van der Waals surface area contributed by atoms with E-state index in [0.717, 1.165) is 0 Å². The van der Waals surface area contributed by atoms with Gasteiger partial charge in [0.1, 0.15) is 0 Å². The molecule has 7 heteroatoms. The van der Waals surface area contributed by atoms with Crippen molar-refractivity contribution in [2.75, 3.05) is 7.11 Å². The van der Waals surface area contributed by atoms with Crippen LogP contribution >= 0.6 is 0 Å². The van der Waals surface area contributed by atoms with Crippen molar-refractivity contribution in [1.29, 1.82) is 0 Å². The maximum Gasteiger partial charge on any atom is 0.309 e. The summed E-state index contributed by atoms with van der Waals surface area (Å²) in [5.74, 6) is -0.390.